The number of nitro groups is 1. The number of carbonyl (C=O) groups excluding carboxylic acids is 3. The summed E-state index contributed by atoms with van der Waals surface area (Å²) in [5.74, 6) is -2.31. The molecule has 0 bridgehead atoms. The number of carbonyl (C=O) groups is 3. The molecule has 0 radical (unpaired) electrons. The molecule has 0 spiro atoms. The first-order valence-corrected chi connectivity index (χ1v) is 16.3. The van der Waals surface area contributed by atoms with Crippen molar-refractivity contribution in [1.29, 1.82) is 0 Å². The predicted octanol–water partition coefficient (Wildman–Crippen LogP) is 8.04. The standard InChI is InChI=1S/C34H25ClFN5O5S2/c1-20(31(42)40-34-39-30(19-47-34)22-10-5-12-24(16-22)41(45)46)48-25-13-6-11-23(17-25)37-33(44)29(18-26-27(35)14-7-15-28(26)36)38-32(43)21-8-3-2-4-9-21/h2-20H,1H3,(H,37,44)(H,38,43)(H,39,40,42)/b29-18+. The van der Waals surface area contributed by atoms with Crippen molar-refractivity contribution in [2.24, 2.45) is 0 Å². The Morgan fingerprint density at radius 2 is 1.73 bits per heavy atom. The van der Waals surface area contributed by atoms with Crippen LogP contribution in [0.1, 0.15) is 22.8 Å². The maximum Gasteiger partial charge on any atom is 0.272 e. The van der Waals surface area contributed by atoms with Crippen LogP contribution < -0.4 is 16.0 Å². The van der Waals surface area contributed by atoms with Gasteiger partial charge in [0.05, 0.1) is 20.9 Å². The Morgan fingerprint density at radius 3 is 2.48 bits per heavy atom. The van der Waals surface area contributed by atoms with Crippen LogP contribution >= 0.6 is 34.7 Å². The molecule has 0 saturated carbocycles. The molecule has 4 aromatic carbocycles. The smallest absolute Gasteiger partial charge is 0.272 e. The van der Waals surface area contributed by atoms with Gasteiger partial charge in [-0.3, -0.25) is 24.5 Å². The lowest BCUT2D eigenvalue weighted by atomic mass is 10.1. The molecular weight excluding hydrogens is 677 g/mol. The largest absolute Gasteiger partial charge is 0.321 e. The molecule has 0 saturated heterocycles. The zero-order valence-electron chi connectivity index (χ0n) is 25.0. The number of hydrogen-bond donors (Lipinski definition) is 3. The van der Waals surface area contributed by atoms with Crippen LogP contribution in [0.5, 0.6) is 0 Å². The summed E-state index contributed by atoms with van der Waals surface area (Å²) in [7, 11) is 0. The van der Waals surface area contributed by atoms with Gasteiger partial charge in [-0.05, 0) is 55.5 Å². The minimum Gasteiger partial charge on any atom is -0.321 e. The fourth-order valence-electron chi connectivity index (χ4n) is 4.29. The van der Waals surface area contributed by atoms with Gasteiger partial charge < -0.3 is 16.0 Å². The highest BCUT2D eigenvalue weighted by atomic mass is 35.5. The van der Waals surface area contributed by atoms with Gasteiger partial charge in [0.25, 0.3) is 17.5 Å². The Balaban J connectivity index is 1.27. The van der Waals surface area contributed by atoms with E-state index in [0.29, 0.717) is 32.5 Å². The first-order valence-electron chi connectivity index (χ1n) is 14.2. The van der Waals surface area contributed by atoms with Gasteiger partial charge in [-0.1, -0.05) is 54.1 Å². The highest BCUT2D eigenvalue weighted by Gasteiger charge is 2.20. The molecule has 1 aromatic heterocycles. The SMILES string of the molecule is CC(Sc1cccc(NC(=O)/C(=C\c2c(F)cccc2Cl)NC(=O)c2ccccc2)c1)C(=O)Nc1nc(-c2cccc([N+](=O)[O-])c2)cs1. The van der Waals surface area contributed by atoms with Gasteiger partial charge in [-0.25, -0.2) is 9.37 Å². The Hall–Kier alpha value is -5.37. The minimum absolute atomic E-state index is 0.0536. The Bertz CT molecular complexity index is 2020. The third-order valence-corrected chi connectivity index (χ3v) is 8.86. The number of rotatable bonds is 11. The van der Waals surface area contributed by atoms with Crippen LogP contribution in [0.15, 0.2) is 113 Å². The molecule has 0 aliphatic rings. The van der Waals surface area contributed by atoms with E-state index in [0.717, 1.165) is 0 Å². The van der Waals surface area contributed by atoms with E-state index in [9.17, 15) is 28.9 Å². The third-order valence-electron chi connectivity index (χ3n) is 6.68. The van der Waals surface area contributed by atoms with Gasteiger partial charge >= 0.3 is 0 Å². The van der Waals surface area contributed by atoms with Crippen molar-refractivity contribution in [3.63, 3.8) is 0 Å². The summed E-state index contributed by atoms with van der Waals surface area (Å²) in [6, 6.07) is 25.1. The Kier molecular flexibility index (Phi) is 11.0. The van der Waals surface area contributed by atoms with Gasteiger partial charge in [0.2, 0.25) is 5.91 Å². The molecule has 0 aliphatic heterocycles. The molecule has 1 atom stereocenters. The maximum atomic E-state index is 14.6. The van der Waals surface area contributed by atoms with Gasteiger partial charge in [0.1, 0.15) is 11.5 Å². The number of halogens is 2. The van der Waals surface area contributed by atoms with E-state index in [1.54, 1.807) is 79.0 Å². The highest BCUT2D eigenvalue weighted by molar-refractivity contribution is 8.00. The third kappa shape index (κ3) is 8.70. The second-order valence-corrected chi connectivity index (χ2v) is 12.8. The molecule has 0 aliphatic carbocycles. The van der Waals surface area contributed by atoms with E-state index in [1.165, 1.54) is 59.5 Å². The summed E-state index contributed by atoms with van der Waals surface area (Å²) in [5.41, 5.74) is 1.32. The molecule has 48 heavy (non-hydrogen) atoms. The molecule has 1 heterocycles. The summed E-state index contributed by atoms with van der Waals surface area (Å²) in [6.45, 7) is 1.71. The second kappa shape index (κ2) is 15.5. The molecule has 14 heteroatoms. The zero-order valence-corrected chi connectivity index (χ0v) is 27.4. The van der Waals surface area contributed by atoms with Gasteiger partial charge in [-0.2, -0.15) is 0 Å². The first kappa shape index (κ1) is 34.0. The van der Waals surface area contributed by atoms with Crippen LogP contribution in [0.25, 0.3) is 17.3 Å². The van der Waals surface area contributed by atoms with Gasteiger partial charge in [0, 0.05) is 44.8 Å². The Morgan fingerprint density at radius 1 is 0.979 bits per heavy atom. The van der Waals surface area contributed by atoms with E-state index < -0.39 is 27.8 Å². The molecule has 10 nitrogen and oxygen atoms in total. The average molecular weight is 702 g/mol. The number of amides is 3. The van der Waals surface area contributed by atoms with E-state index >= 15 is 0 Å². The van der Waals surface area contributed by atoms with Crippen molar-refractivity contribution >= 4 is 75.0 Å². The molecule has 3 amide bonds. The quantitative estimate of drug-likeness (QED) is 0.0547. The molecule has 3 N–H and O–H groups in total. The Labute approximate surface area is 287 Å². The summed E-state index contributed by atoms with van der Waals surface area (Å²) >= 11 is 8.61. The number of benzene rings is 4. The fraction of sp³-hybridized carbons (Fsp3) is 0.0588. The van der Waals surface area contributed by atoms with Crippen molar-refractivity contribution in [2.45, 2.75) is 17.1 Å². The number of thioether (sulfide) groups is 1. The number of non-ortho nitro benzene ring substituents is 1. The normalized spacial score (nSPS) is 11.8. The van der Waals surface area contributed by atoms with Crippen LogP contribution in [-0.2, 0) is 9.59 Å². The number of nitrogens with one attached hydrogen (secondary N) is 3. The molecular formula is C34H25ClFN5O5S2. The first-order chi connectivity index (χ1) is 23.1. The van der Waals surface area contributed by atoms with Crippen LogP contribution in [0.4, 0.5) is 20.9 Å². The number of aromatic nitrogens is 1. The van der Waals surface area contributed by atoms with Crippen LogP contribution in [-0.4, -0.2) is 32.9 Å². The van der Waals surface area contributed by atoms with Crippen molar-refractivity contribution in [2.75, 3.05) is 10.6 Å². The summed E-state index contributed by atoms with van der Waals surface area (Å²) in [5, 5.41) is 20.7. The summed E-state index contributed by atoms with van der Waals surface area (Å²) < 4.78 is 14.6. The average Bonchev–Trinajstić information content (AvgIpc) is 3.55. The predicted molar refractivity (Wildman–Crippen MR) is 187 cm³/mol. The van der Waals surface area contributed by atoms with Gasteiger partial charge in [-0.15, -0.1) is 23.1 Å². The van der Waals surface area contributed by atoms with Crippen LogP contribution in [0.2, 0.25) is 5.02 Å². The molecule has 5 rings (SSSR count). The fourth-order valence-corrected chi connectivity index (χ4v) is 6.15. The van der Waals surface area contributed by atoms with Crippen molar-refractivity contribution in [3.05, 3.63) is 140 Å². The van der Waals surface area contributed by atoms with Gasteiger partial charge in [0.15, 0.2) is 5.13 Å². The van der Waals surface area contributed by atoms with Crippen LogP contribution in [0, 0.1) is 15.9 Å². The number of nitro benzene ring substituents is 1. The lowest BCUT2D eigenvalue weighted by Crippen LogP contribution is -2.30. The molecule has 1 unspecified atom stereocenters. The number of nitrogens with zero attached hydrogens (tertiary/aromatic N) is 2. The highest BCUT2D eigenvalue weighted by Crippen LogP contribution is 2.30. The zero-order chi connectivity index (χ0) is 34.2. The van der Waals surface area contributed by atoms with Crippen molar-refractivity contribution in [3.8, 4) is 11.3 Å². The van der Waals surface area contributed by atoms with E-state index in [-0.39, 0.29) is 27.9 Å². The van der Waals surface area contributed by atoms with Crippen molar-refractivity contribution < 1.29 is 23.7 Å². The number of thiazole rings is 1. The molecule has 5 aromatic rings. The van der Waals surface area contributed by atoms with E-state index in [1.807, 2.05) is 0 Å². The monoisotopic (exact) mass is 701 g/mol. The second-order valence-electron chi connectivity index (χ2n) is 10.1. The topological polar surface area (TPSA) is 143 Å². The van der Waals surface area contributed by atoms with E-state index in [4.69, 9.17) is 11.6 Å². The minimum atomic E-state index is -0.727. The van der Waals surface area contributed by atoms with Crippen LogP contribution in [0.3, 0.4) is 0 Å². The number of anilines is 2. The summed E-state index contributed by atoms with van der Waals surface area (Å²) in [6.07, 6.45) is 1.17. The summed E-state index contributed by atoms with van der Waals surface area (Å²) in [4.78, 5) is 55.0. The van der Waals surface area contributed by atoms with E-state index in [2.05, 4.69) is 20.9 Å². The number of hydrogen-bond acceptors (Lipinski definition) is 8. The molecule has 242 valence electrons. The lowest BCUT2D eigenvalue weighted by molar-refractivity contribution is -0.384. The van der Waals surface area contributed by atoms with Crippen molar-refractivity contribution in [1.82, 2.24) is 10.3 Å². The lowest BCUT2D eigenvalue weighted by Gasteiger charge is -2.14. The maximum absolute atomic E-state index is 14.6. The molecule has 0 fully saturated rings.